The molecule has 0 unspecified atom stereocenters. The average Bonchev–Trinajstić information content (AvgIpc) is 2.75. The normalized spacial score (nSPS) is 14.9. The van der Waals surface area contributed by atoms with Crippen LogP contribution in [0.4, 0.5) is 0 Å². The van der Waals surface area contributed by atoms with E-state index in [0.29, 0.717) is 36.2 Å². The lowest BCUT2D eigenvalue weighted by Crippen LogP contribution is -2.47. The van der Waals surface area contributed by atoms with Crippen LogP contribution in [-0.4, -0.2) is 71.1 Å². The van der Waals surface area contributed by atoms with Gasteiger partial charge in [0.05, 0.1) is 18.3 Å². The Morgan fingerprint density at radius 2 is 1.97 bits per heavy atom. The molecule has 1 fully saturated rings. The molecule has 1 aliphatic heterocycles. The van der Waals surface area contributed by atoms with Crippen molar-refractivity contribution < 1.29 is 14.6 Å². The molecule has 3 aromatic rings. The van der Waals surface area contributed by atoms with Crippen molar-refractivity contribution in [2.75, 3.05) is 40.3 Å². The van der Waals surface area contributed by atoms with Crippen LogP contribution in [0.3, 0.4) is 0 Å². The van der Waals surface area contributed by atoms with Crippen molar-refractivity contribution in [1.82, 2.24) is 19.8 Å². The minimum atomic E-state index is -0.327. The van der Waals surface area contributed by atoms with Crippen LogP contribution in [0.2, 0.25) is 0 Å². The number of aromatic amines is 1. The molecule has 1 aliphatic rings. The van der Waals surface area contributed by atoms with Gasteiger partial charge in [-0.1, -0.05) is 6.07 Å². The van der Waals surface area contributed by atoms with E-state index in [0.717, 1.165) is 24.2 Å². The van der Waals surface area contributed by atoms with Crippen molar-refractivity contribution in [2.45, 2.75) is 6.61 Å². The van der Waals surface area contributed by atoms with Crippen LogP contribution in [0.25, 0.3) is 22.0 Å². The number of nitrogens with zero attached hydrogens (tertiary/aromatic N) is 3. The molecule has 1 aromatic heterocycles. The Kier molecular flexibility index (Phi) is 5.52. The van der Waals surface area contributed by atoms with Crippen molar-refractivity contribution >= 4 is 16.8 Å². The molecule has 1 saturated heterocycles. The Labute approximate surface area is 173 Å². The highest BCUT2D eigenvalue weighted by atomic mass is 16.5. The van der Waals surface area contributed by atoms with Crippen LogP contribution in [-0.2, 0) is 11.3 Å². The molecule has 0 bridgehead atoms. The van der Waals surface area contributed by atoms with E-state index in [2.05, 4.69) is 14.9 Å². The minimum Gasteiger partial charge on any atom is -0.506 e. The fourth-order valence-corrected chi connectivity index (χ4v) is 3.79. The van der Waals surface area contributed by atoms with Crippen LogP contribution in [0.5, 0.6) is 5.75 Å². The molecule has 8 nitrogen and oxygen atoms in total. The van der Waals surface area contributed by atoms with E-state index in [9.17, 15) is 14.7 Å². The molecule has 4 rings (SSSR count). The number of piperazine rings is 1. The summed E-state index contributed by atoms with van der Waals surface area (Å²) < 4.78 is 5.35. The maximum Gasteiger partial charge on any atom is 0.258 e. The van der Waals surface area contributed by atoms with Gasteiger partial charge < -0.3 is 24.6 Å². The molecular weight excluding hydrogens is 384 g/mol. The van der Waals surface area contributed by atoms with Crippen molar-refractivity contribution in [2.24, 2.45) is 0 Å². The number of methoxy groups -OCH3 is 1. The van der Waals surface area contributed by atoms with E-state index < -0.39 is 0 Å². The number of benzene rings is 2. The molecule has 2 aromatic carbocycles. The first-order chi connectivity index (χ1) is 14.5. The second-order valence-electron chi connectivity index (χ2n) is 7.52. The second kappa shape index (κ2) is 8.25. The molecule has 2 N–H and O–H groups in total. The molecule has 0 atom stereocenters. The van der Waals surface area contributed by atoms with E-state index in [-0.39, 0.29) is 22.7 Å². The van der Waals surface area contributed by atoms with E-state index >= 15 is 0 Å². The van der Waals surface area contributed by atoms with Crippen LogP contribution < -0.4 is 5.56 Å². The Bertz CT molecular complexity index is 1150. The molecule has 1 amide bonds. The van der Waals surface area contributed by atoms with Gasteiger partial charge in [0.25, 0.3) is 11.5 Å². The van der Waals surface area contributed by atoms with Crippen LogP contribution in [0.1, 0.15) is 15.9 Å². The number of ether oxygens (including phenoxy) is 1. The van der Waals surface area contributed by atoms with Crippen molar-refractivity contribution in [3.8, 4) is 16.9 Å². The molecule has 0 radical (unpaired) electrons. The number of carbonyl (C=O) groups excluding carboxylic acids is 1. The zero-order chi connectivity index (χ0) is 21.3. The number of aromatic hydroxyl groups is 1. The first-order valence-corrected chi connectivity index (χ1v) is 9.78. The average molecular weight is 408 g/mol. The lowest BCUT2D eigenvalue weighted by Gasteiger charge is -2.32. The Hall–Kier alpha value is -3.23. The third-order valence-corrected chi connectivity index (χ3v) is 5.48. The number of aromatic nitrogens is 2. The SMILES string of the molecule is COCc1cc(C(=O)N2CCN(C)CC2)ccc1-c1cc(O)c2nc[nH]c(=O)c2c1. The predicted octanol–water partition coefficient (Wildman–Crippen LogP) is 1.83. The zero-order valence-corrected chi connectivity index (χ0v) is 17.0. The number of hydrogen-bond donors (Lipinski definition) is 2. The largest absolute Gasteiger partial charge is 0.506 e. The van der Waals surface area contributed by atoms with Gasteiger partial charge in [0.1, 0.15) is 11.3 Å². The van der Waals surface area contributed by atoms with Gasteiger partial charge in [-0.15, -0.1) is 0 Å². The smallest absolute Gasteiger partial charge is 0.258 e. The number of phenols is 1. The number of hydrogen-bond acceptors (Lipinski definition) is 6. The summed E-state index contributed by atoms with van der Waals surface area (Å²) in [6.45, 7) is 3.40. The number of nitrogens with one attached hydrogen (secondary N) is 1. The van der Waals surface area contributed by atoms with Gasteiger partial charge in [-0.05, 0) is 48.0 Å². The lowest BCUT2D eigenvalue weighted by atomic mass is 9.96. The zero-order valence-electron chi connectivity index (χ0n) is 17.0. The quantitative estimate of drug-likeness (QED) is 0.683. The Balaban J connectivity index is 1.74. The number of amides is 1. The summed E-state index contributed by atoms with van der Waals surface area (Å²) in [5.41, 5.74) is 2.76. The number of H-pyrrole nitrogens is 1. The summed E-state index contributed by atoms with van der Waals surface area (Å²) in [5, 5.41) is 10.7. The molecule has 30 heavy (non-hydrogen) atoms. The summed E-state index contributed by atoms with van der Waals surface area (Å²) in [6.07, 6.45) is 1.26. The van der Waals surface area contributed by atoms with Gasteiger partial charge >= 0.3 is 0 Å². The molecule has 0 spiro atoms. The number of fused-ring (bicyclic) bond motifs is 1. The predicted molar refractivity (Wildman–Crippen MR) is 114 cm³/mol. The van der Waals surface area contributed by atoms with Gasteiger partial charge in [-0.2, -0.15) is 0 Å². The number of phenolic OH excluding ortho intramolecular Hbond substituents is 1. The third-order valence-electron chi connectivity index (χ3n) is 5.48. The fraction of sp³-hybridized carbons (Fsp3) is 0.318. The summed E-state index contributed by atoms with van der Waals surface area (Å²) in [7, 11) is 3.64. The number of carbonyl (C=O) groups is 1. The summed E-state index contributed by atoms with van der Waals surface area (Å²) in [6, 6.07) is 8.71. The maximum atomic E-state index is 13.0. The van der Waals surface area contributed by atoms with Crippen LogP contribution >= 0.6 is 0 Å². The van der Waals surface area contributed by atoms with Gasteiger partial charge in [0.15, 0.2) is 0 Å². The van der Waals surface area contributed by atoms with Crippen molar-refractivity contribution in [3.05, 3.63) is 58.1 Å². The van der Waals surface area contributed by atoms with Crippen LogP contribution in [0.15, 0.2) is 41.5 Å². The Morgan fingerprint density at radius 3 is 2.70 bits per heavy atom. The molecule has 0 saturated carbocycles. The standard InChI is InChI=1S/C22H24N4O4/c1-25-5-7-26(8-6-25)22(29)14-3-4-17(16(9-14)12-30-2)15-10-18-20(19(27)11-15)23-13-24-21(18)28/h3-4,9-11,13,27H,5-8,12H2,1-2H3,(H,23,24,28). The molecule has 2 heterocycles. The van der Waals surface area contributed by atoms with Gasteiger partial charge in [0.2, 0.25) is 0 Å². The van der Waals surface area contributed by atoms with Gasteiger partial charge in [0, 0.05) is 38.9 Å². The molecule has 8 heteroatoms. The lowest BCUT2D eigenvalue weighted by molar-refractivity contribution is 0.0664. The molecular formula is C22H24N4O4. The molecule has 0 aliphatic carbocycles. The van der Waals surface area contributed by atoms with E-state index in [1.54, 1.807) is 25.3 Å². The Morgan fingerprint density at radius 1 is 1.20 bits per heavy atom. The minimum absolute atomic E-state index is 0.00555. The maximum absolute atomic E-state index is 13.0. The highest BCUT2D eigenvalue weighted by molar-refractivity contribution is 5.96. The first-order valence-electron chi connectivity index (χ1n) is 9.78. The van der Waals surface area contributed by atoms with E-state index in [1.807, 2.05) is 24.1 Å². The summed E-state index contributed by atoms with van der Waals surface area (Å²) in [5.74, 6) is -0.0800. The van der Waals surface area contributed by atoms with Crippen molar-refractivity contribution in [3.63, 3.8) is 0 Å². The third kappa shape index (κ3) is 3.79. The van der Waals surface area contributed by atoms with Gasteiger partial charge in [-0.25, -0.2) is 4.98 Å². The van der Waals surface area contributed by atoms with Crippen molar-refractivity contribution in [1.29, 1.82) is 0 Å². The van der Waals surface area contributed by atoms with Gasteiger partial charge in [-0.3, -0.25) is 9.59 Å². The first kappa shape index (κ1) is 20.1. The highest BCUT2D eigenvalue weighted by Crippen LogP contribution is 2.32. The highest BCUT2D eigenvalue weighted by Gasteiger charge is 2.21. The van der Waals surface area contributed by atoms with E-state index in [4.69, 9.17) is 4.74 Å². The monoisotopic (exact) mass is 408 g/mol. The fourth-order valence-electron chi connectivity index (χ4n) is 3.79. The topological polar surface area (TPSA) is 98.8 Å². The summed E-state index contributed by atoms with van der Waals surface area (Å²) in [4.78, 5) is 35.8. The molecule has 156 valence electrons. The second-order valence-corrected chi connectivity index (χ2v) is 7.52. The number of rotatable bonds is 4. The summed E-state index contributed by atoms with van der Waals surface area (Å²) >= 11 is 0. The van der Waals surface area contributed by atoms with E-state index in [1.165, 1.54) is 6.33 Å². The number of likely N-dealkylation sites (N-methyl/N-ethyl adjacent to an activating group) is 1. The van der Waals surface area contributed by atoms with Crippen LogP contribution in [0, 0.1) is 0 Å².